The minimum atomic E-state index is -0.263. The maximum Gasteiger partial charge on any atom is 0.129 e. The molecular weight excluding hydrogens is 239 g/mol. The molecule has 1 aromatic carbocycles. The Morgan fingerprint density at radius 2 is 2.00 bits per heavy atom. The van der Waals surface area contributed by atoms with Gasteiger partial charge in [-0.3, -0.25) is 0 Å². The Labute approximate surface area is 104 Å². The smallest absolute Gasteiger partial charge is 0.129 e. The number of nitrogens with zero attached hydrogens (tertiary/aromatic N) is 1. The van der Waals surface area contributed by atoms with Crippen LogP contribution in [0.4, 0.5) is 10.1 Å². The van der Waals surface area contributed by atoms with Crippen molar-refractivity contribution in [2.45, 2.75) is 6.92 Å². The summed E-state index contributed by atoms with van der Waals surface area (Å²) < 4.78 is 13.3. The summed E-state index contributed by atoms with van der Waals surface area (Å²) in [5.41, 5.74) is 3.48. The average molecular weight is 251 g/mol. The molecule has 0 atom stereocenters. The largest absolute Gasteiger partial charge is 0.386 e. The quantitative estimate of drug-likeness (QED) is 0.818. The summed E-state index contributed by atoms with van der Waals surface area (Å²) in [5.74, 6) is -0.263. The first-order chi connectivity index (χ1) is 8.11. The number of aryl methyl sites for hydroxylation is 1. The van der Waals surface area contributed by atoms with Crippen molar-refractivity contribution in [2.75, 3.05) is 12.4 Å². The molecule has 0 spiro atoms. The van der Waals surface area contributed by atoms with Gasteiger partial charge >= 0.3 is 0 Å². The first-order valence-corrected chi connectivity index (χ1v) is 5.59. The fraction of sp³-hybridized carbons (Fsp3) is 0.154. The van der Waals surface area contributed by atoms with Crippen LogP contribution in [0.2, 0.25) is 5.15 Å². The van der Waals surface area contributed by atoms with Gasteiger partial charge in [0.05, 0.1) is 11.9 Å². The van der Waals surface area contributed by atoms with Gasteiger partial charge in [0.25, 0.3) is 0 Å². The molecule has 1 heterocycles. The highest BCUT2D eigenvalue weighted by atomic mass is 35.5. The van der Waals surface area contributed by atoms with E-state index in [1.807, 2.05) is 6.92 Å². The molecule has 2 aromatic rings. The second-order valence-electron chi connectivity index (χ2n) is 3.76. The van der Waals surface area contributed by atoms with E-state index >= 15 is 0 Å². The fourth-order valence-corrected chi connectivity index (χ4v) is 1.89. The van der Waals surface area contributed by atoms with Crippen molar-refractivity contribution < 1.29 is 4.39 Å². The zero-order chi connectivity index (χ0) is 12.4. The van der Waals surface area contributed by atoms with Gasteiger partial charge < -0.3 is 5.32 Å². The average Bonchev–Trinajstić information content (AvgIpc) is 2.32. The zero-order valence-corrected chi connectivity index (χ0v) is 10.3. The van der Waals surface area contributed by atoms with E-state index in [1.54, 1.807) is 25.4 Å². The molecule has 2 rings (SSSR count). The van der Waals surface area contributed by atoms with Gasteiger partial charge in [0.15, 0.2) is 0 Å². The highest BCUT2D eigenvalue weighted by Crippen LogP contribution is 2.31. The van der Waals surface area contributed by atoms with Crippen LogP contribution in [-0.2, 0) is 0 Å². The van der Waals surface area contributed by atoms with E-state index in [-0.39, 0.29) is 5.82 Å². The Kier molecular flexibility index (Phi) is 3.29. The van der Waals surface area contributed by atoms with Crippen molar-refractivity contribution in [3.63, 3.8) is 0 Å². The van der Waals surface area contributed by atoms with Crippen LogP contribution in [0.3, 0.4) is 0 Å². The number of pyridine rings is 1. The molecule has 0 unspecified atom stereocenters. The first kappa shape index (κ1) is 11.9. The number of aromatic nitrogens is 1. The molecule has 17 heavy (non-hydrogen) atoms. The number of halogens is 2. The van der Waals surface area contributed by atoms with Crippen molar-refractivity contribution in [3.8, 4) is 11.1 Å². The van der Waals surface area contributed by atoms with Crippen molar-refractivity contribution in [1.82, 2.24) is 4.98 Å². The third-order valence-corrected chi connectivity index (χ3v) is 2.84. The van der Waals surface area contributed by atoms with E-state index in [0.717, 1.165) is 22.4 Å². The monoisotopic (exact) mass is 250 g/mol. The summed E-state index contributed by atoms with van der Waals surface area (Å²) in [6.45, 7) is 1.93. The Morgan fingerprint density at radius 3 is 2.71 bits per heavy atom. The number of benzene rings is 1. The van der Waals surface area contributed by atoms with Crippen LogP contribution in [0.15, 0.2) is 30.5 Å². The second-order valence-corrected chi connectivity index (χ2v) is 4.15. The normalized spacial score (nSPS) is 10.4. The SMILES string of the molecule is CNc1cnc(Cl)cc1-c1cc(F)ccc1C. The second kappa shape index (κ2) is 4.72. The van der Waals surface area contributed by atoms with Gasteiger partial charge in [-0.05, 0) is 36.2 Å². The number of rotatable bonds is 2. The molecule has 4 heteroatoms. The predicted octanol–water partition coefficient (Wildman–Crippen LogP) is 3.89. The van der Waals surface area contributed by atoms with E-state index in [9.17, 15) is 4.39 Å². The molecule has 88 valence electrons. The molecule has 0 aliphatic carbocycles. The van der Waals surface area contributed by atoms with Gasteiger partial charge in [-0.2, -0.15) is 0 Å². The van der Waals surface area contributed by atoms with E-state index in [1.165, 1.54) is 12.1 Å². The molecule has 1 N–H and O–H groups in total. The third kappa shape index (κ3) is 2.39. The van der Waals surface area contributed by atoms with Crippen LogP contribution in [0.25, 0.3) is 11.1 Å². The number of hydrogen-bond acceptors (Lipinski definition) is 2. The number of nitrogens with one attached hydrogen (secondary N) is 1. The molecule has 0 aliphatic rings. The van der Waals surface area contributed by atoms with E-state index in [4.69, 9.17) is 11.6 Å². The highest BCUT2D eigenvalue weighted by molar-refractivity contribution is 6.29. The molecule has 0 bridgehead atoms. The fourth-order valence-electron chi connectivity index (χ4n) is 1.74. The van der Waals surface area contributed by atoms with Gasteiger partial charge in [-0.15, -0.1) is 0 Å². The summed E-state index contributed by atoms with van der Waals surface area (Å²) in [6, 6.07) is 6.43. The number of hydrogen-bond donors (Lipinski definition) is 1. The van der Waals surface area contributed by atoms with Crippen LogP contribution in [-0.4, -0.2) is 12.0 Å². The maximum atomic E-state index is 13.3. The Bertz CT molecular complexity index is 555. The maximum absolute atomic E-state index is 13.3. The van der Waals surface area contributed by atoms with Gasteiger partial charge in [-0.25, -0.2) is 9.37 Å². The lowest BCUT2D eigenvalue weighted by atomic mass is 10.00. The van der Waals surface area contributed by atoms with Crippen LogP contribution >= 0.6 is 11.6 Å². The predicted molar refractivity (Wildman–Crippen MR) is 68.9 cm³/mol. The molecule has 2 nitrogen and oxygen atoms in total. The van der Waals surface area contributed by atoms with E-state index in [0.29, 0.717) is 5.15 Å². The molecule has 0 amide bonds. The minimum absolute atomic E-state index is 0.263. The van der Waals surface area contributed by atoms with Crippen molar-refractivity contribution in [2.24, 2.45) is 0 Å². The van der Waals surface area contributed by atoms with Gasteiger partial charge in [-0.1, -0.05) is 17.7 Å². The van der Waals surface area contributed by atoms with E-state index in [2.05, 4.69) is 10.3 Å². The summed E-state index contributed by atoms with van der Waals surface area (Å²) in [6.07, 6.45) is 1.64. The number of anilines is 1. The lowest BCUT2D eigenvalue weighted by molar-refractivity contribution is 0.628. The summed E-state index contributed by atoms with van der Waals surface area (Å²) >= 11 is 5.88. The molecular formula is C13H12ClFN2. The molecule has 0 fully saturated rings. The highest BCUT2D eigenvalue weighted by Gasteiger charge is 2.09. The van der Waals surface area contributed by atoms with Crippen molar-refractivity contribution >= 4 is 17.3 Å². The van der Waals surface area contributed by atoms with Crippen LogP contribution in [0.5, 0.6) is 0 Å². The Balaban J connectivity index is 2.66. The summed E-state index contributed by atoms with van der Waals surface area (Å²) in [7, 11) is 1.79. The van der Waals surface area contributed by atoms with Crippen molar-refractivity contribution in [1.29, 1.82) is 0 Å². The van der Waals surface area contributed by atoms with Gasteiger partial charge in [0, 0.05) is 12.6 Å². The molecule has 0 saturated carbocycles. The molecule has 0 radical (unpaired) electrons. The standard InChI is InChI=1S/C13H12ClFN2/c1-8-3-4-9(15)5-10(8)11-6-13(14)17-7-12(11)16-2/h3-7,16H,1-2H3. The lowest BCUT2D eigenvalue weighted by Crippen LogP contribution is -1.95. The first-order valence-electron chi connectivity index (χ1n) is 5.21. The lowest BCUT2D eigenvalue weighted by Gasteiger charge is -2.11. The van der Waals surface area contributed by atoms with Crippen LogP contribution in [0, 0.1) is 12.7 Å². The zero-order valence-electron chi connectivity index (χ0n) is 9.59. The minimum Gasteiger partial charge on any atom is -0.386 e. The van der Waals surface area contributed by atoms with Crippen LogP contribution < -0.4 is 5.32 Å². The molecule has 1 aromatic heterocycles. The third-order valence-electron chi connectivity index (χ3n) is 2.63. The summed E-state index contributed by atoms with van der Waals surface area (Å²) in [5, 5.41) is 3.42. The Morgan fingerprint density at radius 1 is 1.24 bits per heavy atom. The van der Waals surface area contributed by atoms with Gasteiger partial charge in [0.2, 0.25) is 0 Å². The topological polar surface area (TPSA) is 24.9 Å². The summed E-state index contributed by atoms with van der Waals surface area (Å²) in [4.78, 5) is 4.00. The van der Waals surface area contributed by atoms with Crippen LogP contribution in [0.1, 0.15) is 5.56 Å². The Hall–Kier alpha value is -1.61. The molecule has 0 saturated heterocycles. The van der Waals surface area contributed by atoms with E-state index < -0.39 is 0 Å². The van der Waals surface area contributed by atoms with Crippen molar-refractivity contribution in [3.05, 3.63) is 47.0 Å². The van der Waals surface area contributed by atoms with Gasteiger partial charge in [0.1, 0.15) is 11.0 Å². The molecule has 0 aliphatic heterocycles.